The number of halogens is 1. The molecule has 0 aliphatic carbocycles. The molecule has 16 heavy (non-hydrogen) atoms. The van der Waals surface area contributed by atoms with E-state index >= 15 is 0 Å². The third-order valence-electron chi connectivity index (χ3n) is 2.20. The van der Waals surface area contributed by atoms with Crippen molar-refractivity contribution in [3.63, 3.8) is 0 Å². The summed E-state index contributed by atoms with van der Waals surface area (Å²) in [4.78, 5) is 11.6. The van der Waals surface area contributed by atoms with Gasteiger partial charge in [-0.05, 0) is 32.0 Å². The van der Waals surface area contributed by atoms with E-state index in [4.69, 9.17) is 5.73 Å². The number of nitrogens with two attached hydrogens (primary N) is 1. The molecule has 0 aromatic heterocycles. The zero-order valence-corrected chi connectivity index (χ0v) is 9.03. The summed E-state index contributed by atoms with van der Waals surface area (Å²) in [5.41, 5.74) is 5.00. The Morgan fingerprint density at radius 3 is 2.88 bits per heavy atom. The monoisotopic (exact) mass is 226 g/mol. The van der Waals surface area contributed by atoms with E-state index in [1.165, 1.54) is 12.1 Å². The van der Waals surface area contributed by atoms with Gasteiger partial charge in [-0.25, -0.2) is 4.39 Å². The third-order valence-corrected chi connectivity index (χ3v) is 2.20. The fourth-order valence-corrected chi connectivity index (χ4v) is 1.36. The average Bonchev–Trinajstić information content (AvgIpc) is 2.17. The molecule has 0 radical (unpaired) electrons. The standard InChI is InChI=1S/C11H15FN2O2/c1-7(5-6-13)14-11(16)10-8(12)3-2-4-9(10)15/h2-4,7,15H,5-6,13H2,1H3,(H,14,16). The molecule has 1 unspecified atom stereocenters. The Morgan fingerprint density at radius 1 is 1.62 bits per heavy atom. The van der Waals surface area contributed by atoms with Crippen LogP contribution in [-0.4, -0.2) is 23.6 Å². The van der Waals surface area contributed by atoms with Crippen LogP contribution in [0.5, 0.6) is 5.75 Å². The SMILES string of the molecule is CC(CCN)NC(=O)c1c(O)cccc1F. The van der Waals surface area contributed by atoms with Gasteiger partial charge in [0.2, 0.25) is 0 Å². The molecule has 0 spiro atoms. The molecule has 88 valence electrons. The summed E-state index contributed by atoms with van der Waals surface area (Å²) in [6.07, 6.45) is 0.598. The quantitative estimate of drug-likeness (QED) is 0.717. The number of rotatable bonds is 4. The van der Waals surface area contributed by atoms with Crippen molar-refractivity contribution in [1.29, 1.82) is 0 Å². The van der Waals surface area contributed by atoms with Crippen molar-refractivity contribution in [3.8, 4) is 5.75 Å². The van der Waals surface area contributed by atoms with Crippen LogP contribution in [0.1, 0.15) is 23.7 Å². The van der Waals surface area contributed by atoms with E-state index in [2.05, 4.69) is 5.32 Å². The Bertz CT molecular complexity index is 362. The van der Waals surface area contributed by atoms with Crippen molar-refractivity contribution in [2.75, 3.05) is 6.54 Å². The minimum absolute atomic E-state index is 0.156. The fourth-order valence-electron chi connectivity index (χ4n) is 1.36. The Kier molecular flexibility index (Phi) is 4.25. The summed E-state index contributed by atoms with van der Waals surface area (Å²) >= 11 is 0. The van der Waals surface area contributed by atoms with E-state index in [0.717, 1.165) is 6.07 Å². The van der Waals surface area contributed by atoms with Gasteiger partial charge in [-0.2, -0.15) is 0 Å². The van der Waals surface area contributed by atoms with E-state index in [-0.39, 0.29) is 17.4 Å². The van der Waals surface area contributed by atoms with E-state index in [0.29, 0.717) is 13.0 Å². The van der Waals surface area contributed by atoms with Crippen LogP contribution in [0, 0.1) is 5.82 Å². The Labute approximate surface area is 93.3 Å². The Morgan fingerprint density at radius 2 is 2.31 bits per heavy atom. The van der Waals surface area contributed by atoms with Crippen LogP contribution < -0.4 is 11.1 Å². The number of carbonyl (C=O) groups excluding carboxylic acids is 1. The van der Waals surface area contributed by atoms with Crippen LogP contribution >= 0.6 is 0 Å². The summed E-state index contributed by atoms with van der Waals surface area (Å²) in [6, 6.07) is 3.58. The molecule has 0 aliphatic rings. The first-order valence-electron chi connectivity index (χ1n) is 5.04. The lowest BCUT2D eigenvalue weighted by molar-refractivity contribution is 0.0932. The highest BCUT2D eigenvalue weighted by atomic mass is 19.1. The topological polar surface area (TPSA) is 75.3 Å². The molecule has 0 bridgehead atoms. The average molecular weight is 226 g/mol. The van der Waals surface area contributed by atoms with Gasteiger partial charge >= 0.3 is 0 Å². The van der Waals surface area contributed by atoms with Crippen LogP contribution in [0.15, 0.2) is 18.2 Å². The minimum atomic E-state index is -0.738. The van der Waals surface area contributed by atoms with Gasteiger partial charge in [-0.1, -0.05) is 6.07 Å². The number of benzene rings is 1. The molecule has 0 aliphatic heterocycles. The molecule has 4 N–H and O–H groups in total. The maximum Gasteiger partial charge on any atom is 0.258 e. The normalized spacial score (nSPS) is 12.2. The van der Waals surface area contributed by atoms with E-state index in [1.807, 2.05) is 0 Å². The molecular formula is C11H15FN2O2. The zero-order valence-electron chi connectivity index (χ0n) is 9.03. The molecule has 1 atom stereocenters. The van der Waals surface area contributed by atoms with Gasteiger partial charge in [0.25, 0.3) is 5.91 Å². The minimum Gasteiger partial charge on any atom is -0.507 e. The van der Waals surface area contributed by atoms with Crippen molar-refractivity contribution < 1.29 is 14.3 Å². The highest BCUT2D eigenvalue weighted by Crippen LogP contribution is 2.19. The van der Waals surface area contributed by atoms with Gasteiger partial charge in [-0.15, -0.1) is 0 Å². The lowest BCUT2D eigenvalue weighted by atomic mass is 10.1. The highest BCUT2D eigenvalue weighted by molar-refractivity contribution is 5.97. The Hall–Kier alpha value is -1.62. The third kappa shape index (κ3) is 2.93. The number of phenols is 1. The second-order valence-electron chi connectivity index (χ2n) is 3.59. The van der Waals surface area contributed by atoms with Crippen molar-refractivity contribution in [1.82, 2.24) is 5.32 Å². The number of carbonyl (C=O) groups is 1. The van der Waals surface area contributed by atoms with Crippen molar-refractivity contribution in [2.45, 2.75) is 19.4 Å². The smallest absolute Gasteiger partial charge is 0.258 e. The van der Waals surface area contributed by atoms with Crippen LogP contribution in [0.25, 0.3) is 0 Å². The molecule has 5 heteroatoms. The number of nitrogens with one attached hydrogen (secondary N) is 1. The summed E-state index contributed by atoms with van der Waals surface area (Å²) in [5.74, 6) is -1.73. The van der Waals surface area contributed by atoms with Crippen molar-refractivity contribution in [2.24, 2.45) is 5.73 Å². The molecule has 1 rings (SSSR count). The van der Waals surface area contributed by atoms with Crippen molar-refractivity contribution in [3.05, 3.63) is 29.6 Å². The van der Waals surface area contributed by atoms with Gasteiger partial charge in [0.05, 0.1) is 0 Å². The molecule has 0 saturated heterocycles. The van der Waals surface area contributed by atoms with E-state index in [9.17, 15) is 14.3 Å². The summed E-state index contributed by atoms with van der Waals surface area (Å²) in [5, 5.41) is 11.9. The lowest BCUT2D eigenvalue weighted by Gasteiger charge is -2.13. The molecule has 1 aromatic carbocycles. The van der Waals surface area contributed by atoms with E-state index in [1.54, 1.807) is 6.92 Å². The summed E-state index contributed by atoms with van der Waals surface area (Å²) < 4.78 is 13.3. The predicted molar refractivity (Wildman–Crippen MR) is 58.7 cm³/mol. The predicted octanol–water partition coefficient (Wildman–Crippen LogP) is 0.998. The first-order valence-corrected chi connectivity index (χ1v) is 5.04. The number of aromatic hydroxyl groups is 1. The van der Waals surface area contributed by atoms with Crippen LogP contribution in [0.2, 0.25) is 0 Å². The maximum absolute atomic E-state index is 13.3. The molecular weight excluding hydrogens is 211 g/mol. The first kappa shape index (κ1) is 12.4. The van der Waals surface area contributed by atoms with Crippen LogP contribution in [-0.2, 0) is 0 Å². The number of amides is 1. The largest absolute Gasteiger partial charge is 0.507 e. The Balaban J connectivity index is 2.80. The van der Waals surface area contributed by atoms with Crippen molar-refractivity contribution >= 4 is 5.91 Å². The number of hydrogen-bond acceptors (Lipinski definition) is 3. The molecule has 0 fully saturated rings. The summed E-state index contributed by atoms with van der Waals surface area (Å²) in [6.45, 7) is 2.20. The molecule has 1 aromatic rings. The molecule has 1 amide bonds. The first-order chi connectivity index (χ1) is 7.56. The van der Waals surface area contributed by atoms with Gasteiger partial charge < -0.3 is 16.2 Å². The highest BCUT2D eigenvalue weighted by Gasteiger charge is 2.17. The van der Waals surface area contributed by atoms with Gasteiger partial charge in [0, 0.05) is 6.04 Å². The number of hydrogen-bond donors (Lipinski definition) is 3. The summed E-state index contributed by atoms with van der Waals surface area (Å²) in [7, 11) is 0. The second kappa shape index (κ2) is 5.46. The lowest BCUT2D eigenvalue weighted by Crippen LogP contribution is -2.34. The van der Waals surface area contributed by atoms with Crippen LogP contribution in [0.3, 0.4) is 0 Å². The zero-order chi connectivity index (χ0) is 12.1. The maximum atomic E-state index is 13.3. The molecule has 0 heterocycles. The van der Waals surface area contributed by atoms with Crippen LogP contribution in [0.4, 0.5) is 4.39 Å². The van der Waals surface area contributed by atoms with Gasteiger partial charge in [0.15, 0.2) is 0 Å². The molecule has 4 nitrogen and oxygen atoms in total. The van der Waals surface area contributed by atoms with Gasteiger partial charge in [0.1, 0.15) is 17.1 Å². The van der Waals surface area contributed by atoms with Gasteiger partial charge in [-0.3, -0.25) is 4.79 Å². The second-order valence-corrected chi connectivity index (χ2v) is 3.59. The molecule has 0 saturated carbocycles. The fraction of sp³-hybridized carbons (Fsp3) is 0.364. The number of phenolic OH excluding ortho intramolecular Hbond substituents is 1. The van der Waals surface area contributed by atoms with E-state index < -0.39 is 11.7 Å².